The van der Waals surface area contributed by atoms with Crippen LogP contribution in [-0.2, 0) is 0 Å². The number of fused-ring (bicyclic) bond motifs is 3. The fourth-order valence-corrected chi connectivity index (χ4v) is 4.63. The van der Waals surface area contributed by atoms with Crippen molar-refractivity contribution in [2.45, 2.75) is 19.6 Å². The first-order valence-electron chi connectivity index (χ1n) is 9.06. The van der Waals surface area contributed by atoms with Gasteiger partial charge in [0.1, 0.15) is 5.58 Å². The van der Waals surface area contributed by atoms with Crippen LogP contribution in [0.1, 0.15) is 0 Å². The molecule has 0 unspecified atom stereocenters. The third-order valence-corrected chi connectivity index (χ3v) is 7.15. The van der Waals surface area contributed by atoms with Crippen LogP contribution in [0, 0.1) is 6.57 Å². The molecule has 0 spiro atoms. The van der Waals surface area contributed by atoms with Crippen LogP contribution in [0.15, 0.2) is 65.1 Å². The normalized spacial score (nSPS) is 11.7. The van der Waals surface area contributed by atoms with Crippen LogP contribution in [-0.4, -0.2) is 15.1 Å². The van der Waals surface area contributed by atoms with Gasteiger partial charge in [-0.05, 0) is 18.2 Å². The third-order valence-electron chi connectivity index (χ3n) is 5.09. The van der Waals surface area contributed by atoms with E-state index in [-0.39, 0.29) is 0 Å². The Kier molecular flexibility index (Phi) is 4.05. The highest BCUT2D eigenvalue weighted by Crippen LogP contribution is 2.40. The van der Waals surface area contributed by atoms with E-state index in [1.165, 1.54) is 5.19 Å². The largest absolute Gasteiger partial charge is 0.465 e. The Morgan fingerprint density at radius 2 is 1.48 bits per heavy atom. The predicted octanol–water partition coefficient (Wildman–Crippen LogP) is 6.45. The second kappa shape index (κ2) is 6.29. The summed E-state index contributed by atoms with van der Waals surface area (Å²) in [6.45, 7) is 14.5. The first-order chi connectivity index (χ1) is 12.9. The number of hydrogen-bond donors (Lipinski definition) is 0. The number of hydrogen-bond acceptors (Lipinski definition) is 2. The molecule has 3 nitrogen and oxygen atoms in total. The van der Waals surface area contributed by atoms with Crippen LogP contribution >= 0.6 is 0 Å². The lowest BCUT2D eigenvalue weighted by atomic mass is 10.1. The maximum atomic E-state index is 7.40. The minimum absolute atomic E-state index is 0.553. The number of anilines is 2. The summed E-state index contributed by atoms with van der Waals surface area (Å²) in [7, 11) is 0.745. The van der Waals surface area contributed by atoms with Crippen molar-refractivity contribution in [3.05, 3.63) is 72.1 Å². The molecule has 1 aromatic heterocycles. The lowest BCUT2D eigenvalue weighted by molar-refractivity contribution is 0.670. The highest BCUT2D eigenvalue weighted by Gasteiger charge is 2.18. The Balaban J connectivity index is 1.85. The van der Waals surface area contributed by atoms with Crippen LogP contribution < -0.4 is 10.1 Å². The molecule has 27 heavy (non-hydrogen) atoms. The monoisotopic (exact) mass is 370 g/mol. The van der Waals surface area contributed by atoms with Gasteiger partial charge in [0.05, 0.1) is 20.3 Å². The Hall–Kier alpha value is -3.03. The van der Waals surface area contributed by atoms with E-state index in [9.17, 15) is 0 Å². The Labute approximate surface area is 160 Å². The van der Waals surface area contributed by atoms with Gasteiger partial charge in [0, 0.05) is 23.5 Å². The van der Waals surface area contributed by atoms with Gasteiger partial charge in [-0.25, -0.2) is 4.85 Å². The quantitative estimate of drug-likeness (QED) is 0.305. The van der Waals surface area contributed by atoms with E-state index in [1.807, 2.05) is 18.2 Å². The molecule has 0 saturated heterocycles. The van der Waals surface area contributed by atoms with Crippen LogP contribution in [0.5, 0.6) is 0 Å². The summed E-state index contributed by atoms with van der Waals surface area (Å²) < 4.78 is 6.18. The van der Waals surface area contributed by atoms with Crippen molar-refractivity contribution in [2.24, 2.45) is 0 Å². The molecule has 0 aliphatic heterocycles. The number of para-hydroxylation sites is 2. The third kappa shape index (κ3) is 2.90. The molecule has 0 aliphatic carbocycles. The van der Waals surface area contributed by atoms with E-state index >= 15 is 0 Å². The molecule has 4 rings (SSSR count). The minimum Gasteiger partial charge on any atom is -0.465 e. The van der Waals surface area contributed by atoms with Crippen molar-refractivity contribution in [3.63, 3.8) is 0 Å². The molecule has 0 N–H and O–H groups in total. The maximum Gasteiger partial charge on any atom is 0.229 e. The molecule has 0 bridgehead atoms. The maximum absolute atomic E-state index is 7.40. The lowest BCUT2D eigenvalue weighted by Gasteiger charge is -2.22. The van der Waals surface area contributed by atoms with Gasteiger partial charge in [-0.1, -0.05) is 67.3 Å². The Bertz CT molecular complexity index is 1180. The van der Waals surface area contributed by atoms with Gasteiger partial charge in [0.25, 0.3) is 0 Å². The molecule has 0 atom stereocenters. The number of rotatable bonds is 3. The van der Waals surface area contributed by atoms with E-state index in [4.69, 9.17) is 11.0 Å². The van der Waals surface area contributed by atoms with Crippen LogP contribution in [0.3, 0.4) is 0 Å². The molecule has 0 radical (unpaired) electrons. The standard InChI is InChI=1S/C23H22N2OSi/c1-24-20-10-6-8-18-19-9-7-11-21(23(19)26-22(18)20)25(2)16-12-14-17(15-13-16)27(3,4)5/h6-15H,2-5H3. The van der Waals surface area contributed by atoms with E-state index in [2.05, 4.69) is 72.8 Å². The van der Waals surface area contributed by atoms with Crippen molar-refractivity contribution >= 4 is 52.3 Å². The molecule has 0 fully saturated rings. The average Bonchev–Trinajstić information content (AvgIpc) is 3.05. The van der Waals surface area contributed by atoms with Gasteiger partial charge < -0.3 is 9.32 Å². The molecule has 3 aromatic carbocycles. The SMILES string of the molecule is [C-]#[N+]c1cccc2c1oc1c(N(C)c3ccc([Si](C)(C)C)cc3)cccc12. The average molecular weight is 371 g/mol. The molecule has 134 valence electrons. The lowest BCUT2D eigenvalue weighted by Crippen LogP contribution is -2.37. The van der Waals surface area contributed by atoms with Crippen molar-refractivity contribution in [3.8, 4) is 0 Å². The van der Waals surface area contributed by atoms with Gasteiger partial charge in [-0.3, -0.25) is 0 Å². The zero-order valence-electron chi connectivity index (χ0n) is 16.1. The van der Waals surface area contributed by atoms with E-state index in [0.29, 0.717) is 11.3 Å². The predicted molar refractivity (Wildman–Crippen MR) is 117 cm³/mol. The molecule has 1 heterocycles. The number of nitrogens with zero attached hydrogens (tertiary/aromatic N) is 2. The van der Waals surface area contributed by atoms with Crippen LogP contribution in [0.25, 0.3) is 26.8 Å². The second-order valence-electron chi connectivity index (χ2n) is 7.88. The molecule has 0 saturated carbocycles. The minimum atomic E-state index is -1.31. The summed E-state index contributed by atoms with van der Waals surface area (Å²) in [5.74, 6) is 0. The van der Waals surface area contributed by atoms with Gasteiger partial charge in [-0.15, -0.1) is 0 Å². The summed E-state index contributed by atoms with van der Waals surface area (Å²) in [6.07, 6.45) is 0. The van der Waals surface area contributed by atoms with Crippen LogP contribution in [0.2, 0.25) is 19.6 Å². The van der Waals surface area contributed by atoms with Crippen LogP contribution in [0.4, 0.5) is 17.1 Å². The van der Waals surface area contributed by atoms with Crippen molar-refractivity contribution in [1.29, 1.82) is 0 Å². The fraction of sp³-hybridized carbons (Fsp3) is 0.174. The van der Waals surface area contributed by atoms with Gasteiger partial charge >= 0.3 is 0 Å². The zero-order chi connectivity index (χ0) is 19.2. The number of furan rings is 1. The molecular formula is C23H22N2OSi. The highest BCUT2D eigenvalue weighted by molar-refractivity contribution is 6.88. The summed E-state index contributed by atoms with van der Waals surface area (Å²) in [4.78, 5) is 5.75. The number of benzene rings is 3. The summed E-state index contributed by atoms with van der Waals surface area (Å²) in [6, 6.07) is 20.7. The molecule has 0 amide bonds. The van der Waals surface area contributed by atoms with E-state index in [1.54, 1.807) is 6.07 Å². The molecule has 0 aliphatic rings. The smallest absolute Gasteiger partial charge is 0.229 e. The van der Waals surface area contributed by atoms with Gasteiger partial charge in [0.15, 0.2) is 5.58 Å². The van der Waals surface area contributed by atoms with Gasteiger partial charge in [0.2, 0.25) is 5.69 Å². The zero-order valence-corrected chi connectivity index (χ0v) is 17.1. The van der Waals surface area contributed by atoms with Crippen molar-refractivity contribution in [2.75, 3.05) is 11.9 Å². The summed E-state index contributed by atoms with van der Waals surface area (Å²) in [5.41, 5.74) is 4.16. The highest BCUT2D eigenvalue weighted by atomic mass is 28.3. The Morgan fingerprint density at radius 1 is 0.852 bits per heavy atom. The van der Waals surface area contributed by atoms with E-state index < -0.39 is 8.07 Å². The Morgan fingerprint density at radius 3 is 2.11 bits per heavy atom. The topological polar surface area (TPSA) is 20.7 Å². The first kappa shape index (κ1) is 17.4. The van der Waals surface area contributed by atoms with Gasteiger partial charge in [-0.2, -0.15) is 0 Å². The summed E-state index contributed by atoms with van der Waals surface area (Å²) >= 11 is 0. The second-order valence-corrected chi connectivity index (χ2v) is 13.0. The summed E-state index contributed by atoms with van der Waals surface area (Å²) in [5, 5.41) is 3.48. The van der Waals surface area contributed by atoms with E-state index in [0.717, 1.165) is 27.7 Å². The van der Waals surface area contributed by atoms with Crippen molar-refractivity contribution in [1.82, 2.24) is 0 Å². The molecule has 4 aromatic rings. The van der Waals surface area contributed by atoms with Crippen molar-refractivity contribution < 1.29 is 4.42 Å². The first-order valence-corrected chi connectivity index (χ1v) is 12.6. The molecular weight excluding hydrogens is 348 g/mol. The fourth-order valence-electron chi connectivity index (χ4n) is 3.47. The molecule has 4 heteroatoms.